The van der Waals surface area contributed by atoms with Crippen molar-refractivity contribution in [3.8, 4) is 5.75 Å². The Morgan fingerprint density at radius 1 is 1.15 bits per heavy atom. The molecule has 0 aliphatic heterocycles. The normalized spacial score (nSPS) is 10.2. The number of rotatable bonds is 3. The third-order valence-electron chi connectivity index (χ3n) is 3.21. The number of anilines is 1. The number of benzene rings is 1. The minimum Gasteiger partial charge on any atom is -0.496 e. The molecule has 0 atom stereocenters. The Labute approximate surface area is 118 Å². The van der Waals surface area contributed by atoms with E-state index in [9.17, 15) is 4.79 Å². The number of pyridine rings is 1. The molecule has 1 amide bonds. The van der Waals surface area contributed by atoms with Crippen LogP contribution in [0.1, 0.15) is 27.2 Å². The van der Waals surface area contributed by atoms with Gasteiger partial charge in [-0.3, -0.25) is 9.78 Å². The fourth-order valence-electron chi connectivity index (χ4n) is 1.96. The van der Waals surface area contributed by atoms with Crippen molar-refractivity contribution in [2.75, 3.05) is 12.4 Å². The van der Waals surface area contributed by atoms with E-state index in [-0.39, 0.29) is 5.91 Å². The Morgan fingerprint density at radius 2 is 1.85 bits per heavy atom. The summed E-state index contributed by atoms with van der Waals surface area (Å²) in [5.41, 5.74) is 4.27. The molecule has 0 aliphatic carbocycles. The van der Waals surface area contributed by atoms with Gasteiger partial charge < -0.3 is 10.1 Å². The number of hydrogen-bond donors (Lipinski definition) is 1. The number of amides is 1. The van der Waals surface area contributed by atoms with E-state index in [2.05, 4.69) is 10.3 Å². The predicted molar refractivity (Wildman–Crippen MR) is 79.4 cm³/mol. The average molecular weight is 270 g/mol. The molecule has 0 bridgehead atoms. The zero-order valence-corrected chi connectivity index (χ0v) is 12.2. The van der Waals surface area contributed by atoms with Crippen molar-refractivity contribution in [2.45, 2.75) is 20.8 Å². The van der Waals surface area contributed by atoms with Crippen LogP contribution in [0.5, 0.6) is 5.75 Å². The topological polar surface area (TPSA) is 51.2 Å². The van der Waals surface area contributed by atoms with E-state index in [1.807, 2.05) is 39.0 Å². The zero-order chi connectivity index (χ0) is 14.7. The Balaban J connectivity index is 2.31. The van der Waals surface area contributed by atoms with Crippen molar-refractivity contribution in [1.29, 1.82) is 0 Å². The molecule has 0 saturated heterocycles. The van der Waals surface area contributed by atoms with Gasteiger partial charge in [-0.05, 0) is 56.2 Å². The second-order valence-electron chi connectivity index (χ2n) is 4.78. The molecular formula is C16H18N2O2. The molecule has 0 radical (unpaired) electrons. The zero-order valence-electron chi connectivity index (χ0n) is 12.2. The van der Waals surface area contributed by atoms with Crippen LogP contribution in [-0.2, 0) is 0 Å². The third-order valence-corrected chi connectivity index (χ3v) is 3.21. The maximum atomic E-state index is 12.4. The van der Waals surface area contributed by atoms with Gasteiger partial charge in [0.2, 0.25) is 0 Å². The number of carbonyl (C=O) groups is 1. The van der Waals surface area contributed by atoms with E-state index in [0.717, 1.165) is 22.5 Å². The highest BCUT2D eigenvalue weighted by Crippen LogP contribution is 2.24. The molecule has 0 fully saturated rings. The van der Waals surface area contributed by atoms with Crippen LogP contribution in [0.2, 0.25) is 0 Å². The van der Waals surface area contributed by atoms with E-state index in [4.69, 9.17) is 4.74 Å². The summed E-state index contributed by atoms with van der Waals surface area (Å²) in [6.45, 7) is 5.85. The first-order valence-corrected chi connectivity index (χ1v) is 6.40. The highest BCUT2D eigenvalue weighted by Gasteiger charge is 2.14. The number of nitrogens with one attached hydrogen (secondary N) is 1. The van der Waals surface area contributed by atoms with Crippen molar-refractivity contribution < 1.29 is 9.53 Å². The molecule has 4 nitrogen and oxygen atoms in total. The highest BCUT2D eigenvalue weighted by atomic mass is 16.5. The van der Waals surface area contributed by atoms with E-state index < -0.39 is 0 Å². The van der Waals surface area contributed by atoms with E-state index in [0.29, 0.717) is 11.3 Å². The second kappa shape index (κ2) is 5.74. The van der Waals surface area contributed by atoms with Crippen LogP contribution in [0.25, 0.3) is 0 Å². The molecule has 1 aromatic heterocycles. The lowest BCUT2D eigenvalue weighted by molar-refractivity contribution is 0.102. The average Bonchev–Trinajstić information content (AvgIpc) is 2.41. The number of hydrogen-bond acceptors (Lipinski definition) is 3. The van der Waals surface area contributed by atoms with Gasteiger partial charge in [-0.25, -0.2) is 0 Å². The van der Waals surface area contributed by atoms with Crippen LogP contribution < -0.4 is 10.1 Å². The van der Waals surface area contributed by atoms with Gasteiger partial charge in [0.05, 0.1) is 12.7 Å². The maximum absolute atomic E-state index is 12.4. The van der Waals surface area contributed by atoms with Crippen LogP contribution in [0.15, 0.2) is 30.5 Å². The lowest BCUT2D eigenvalue weighted by Crippen LogP contribution is -2.14. The summed E-state index contributed by atoms with van der Waals surface area (Å²) < 4.78 is 5.29. The molecular weight excluding hydrogens is 252 g/mol. The van der Waals surface area contributed by atoms with Gasteiger partial charge in [0.1, 0.15) is 5.75 Å². The number of carbonyl (C=O) groups excluding carboxylic acids is 1. The largest absolute Gasteiger partial charge is 0.496 e. The first kappa shape index (κ1) is 14.1. The predicted octanol–water partition coefficient (Wildman–Crippen LogP) is 3.27. The van der Waals surface area contributed by atoms with Crippen molar-refractivity contribution in [3.05, 3.63) is 52.8 Å². The Morgan fingerprint density at radius 3 is 2.50 bits per heavy atom. The third kappa shape index (κ3) is 2.96. The fraction of sp³-hybridized carbons (Fsp3) is 0.250. The van der Waals surface area contributed by atoms with Crippen LogP contribution in [-0.4, -0.2) is 18.0 Å². The minimum atomic E-state index is -0.185. The molecule has 0 unspecified atom stereocenters. The molecule has 0 saturated carbocycles. The van der Waals surface area contributed by atoms with Crippen molar-refractivity contribution in [3.63, 3.8) is 0 Å². The SMILES string of the molecule is COc1cc(C)c(C)cc1C(=O)Nc1ccnc(C)c1. The Hall–Kier alpha value is -2.36. The van der Waals surface area contributed by atoms with Gasteiger partial charge in [0, 0.05) is 17.6 Å². The van der Waals surface area contributed by atoms with Gasteiger partial charge in [-0.2, -0.15) is 0 Å². The Kier molecular flexibility index (Phi) is 4.03. The summed E-state index contributed by atoms with van der Waals surface area (Å²) in [5.74, 6) is 0.395. The lowest BCUT2D eigenvalue weighted by atomic mass is 10.0. The molecule has 20 heavy (non-hydrogen) atoms. The summed E-state index contributed by atoms with van der Waals surface area (Å²) >= 11 is 0. The number of methoxy groups -OCH3 is 1. The second-order valence-corrected chi connectivity index (χ2v) is 4.78. The molecule has 1 N–H and O–H groups in total. The van der Waals surface area contributed by atoms with Gasteiger partial charge in [0.25, 0.3) is 5.91 Å². The molecule has 2 aromatic rings. The number of ether oxygens (including phenoxy) is 1. The van der Waals surface area contributed by atoms with Crippen LogP contribution in [0.4, 0.5) is 5.69 Å². The number of aryl methyl sites for hydroxylation is 3. The van der Waals surface area contributed by atoms with Gasteiger partial charge in [0.15, 0.2) is 0 Å². The summed E-state index contributed by atoms with van der Waals surface area (Å²) in [5, 5.41) is 2.86. The fourth-order valence-corrected chi connectivity index (χ4v) is 1.96. The van der Waals surface area contributed by atoms with E-state index >= 15 is 0 Å². The molecule has 4 heteroatoms. The summed E-state index contributed by atoms with van der Waals surface area (Å²) in [7, 11) is 1.57. The highest BCUT2D eigenvalue weighted by molar-refractivity contribution is 6.06. The molecule has 0 spiro atoms. The molecule has 104 valence electrons. The maximum Gasteiger partial charge on any atom is 0.259 e. The van der Waals surface area contributed by atoms with Crippen LogP contribution in [0.3, 0.4) is 0 Å². The first-order valence-electron chi connectivity index (χ1n) is 6.40. The molecule has 2 rings (SSSR count). The lowest BCUT2D eigenvalue weighted by Gasteiger charge is -2.12. The Bertz CT molecular complexity index is 651. The van der Waals surface area contributed by atoms with Crippen molar-refractivity contribution in [2.24, 2.45) is 0 Å². The molecule has 1 aromatic carbocycles. The van der Waals surface area contributed by atoms with Gasteiger partial charge in [-0.1, -0.05) is 0 Å². The van der Waals surface area contributed by atoms with E-state index in [1.54, 1.807) is 19.4 Å². The summed E-state index contributed by atoms with van der Waals surface area (Å²) in [6.07, 6.45) is 1.67. The molecule has 0 aliphatic rings. The van der Waals surface area contributed by atoms with Crippen LogP contribution >= 0.6 is 0 Å². The summed E-state index contributed by atoms with van der Waals surface area (Å²) in [4.78, 5) is 16.5. The monoisotopic (exact) mass is 270 g/mol. The number of nitrogens with zero attached hydrogens (tertiary/aromatic N) is 1. The summed E-state index contributed by atoms with van der Waals surface area (Å²) in [6, 6.07) is 7.31. The standard InChI is InChI=1S/C16H18N2O2/c1-10-7-14(15(20-4)8-11(10)2)16(19)18-13-5-6-17-12(3)9-13/h5-9H,1-4H3,(H,17,18,19). The van der Waals surface area contributed by atoms with Crippen LogP contribution in [0, 0.1) is 20.8 Å². The van der Waals surface area contributed by atoms with Crippen molar-refractivity contribution in [1.82, 2.24) is 4.98 Å². The van der Waals surface area contributed by atoms with Crippen molar-refractivity contribution >= 4 is 11.6 Å². The van der Waals surface area contributed by atoms with E-state index in [1.165, 1.54) is 0 Å². The minimum absolute atomic E-state index is 0.185. The molecule has 1 heterocycles. The van der Waals surface area contributed by atoms with Gasteiger partial charge in [-0.15, -0.1) is 0 Å². The number of aromatic nitrogens is 1. The smallest absolute Gasteiger partial charge is 0.259 e. The first-order chi connectivity index (χ1) is 9.51. The quantitative estimate of drug-likeness (QED) is 0.931. The van der Waals surface area contributed by atoms with Gasteiger partial charge >= 0.3 is 0 Å².